The van der Waals surface area contributed by atoms with Gasteiger partial charge in [0.1, 0.15) is 5.75 Å². The van der Waals surface area contributed by atoms with Crippen LogP contribution in [0.1, 0.15) is 36.1 Å². The molecule has 2 aromatic carbocycles. The highest BCUT2D eigenvalue weighted by atomic mass is 16.5. The number of nitrogens with one attached hydrogen (secondary N) is 1. The third-order valence-corrected chi connectivity index (χ3v) is 4.29. The number of carbonyl (C=O) groups is 1. The molecule has 0 aliphatic carbocycles. The molecule has 0 aliphatic heterocycles. The van der Waals surface area contributed by atoms with Crippen molar-refractivity contribution in [3.8, 4) is 5.75 Å². The first-order valence-electron chi connectivity index (χ1n) is 7.79. The quantitative estimate of drug-likeness (QED) is 0.900. The number of hydrogen-bond acceptors (Lipinski definition) is 2. The van der Waals surface area contributed by atoms with Crippen LogP contribution in [-0.2, 0) is 10.2 Å². The van der Waals surface area contributed by atoms with Crippen molar-refractivity contribution >= 4 is 11.6 Å². The molecule has 23 heavy (non-hydrogen) atoms. The first-order valence-corrected chi connectivity index (χ1v) is 7.79. The van der Waals surface area contributed by atoms with Crippen molar-refractivity contribution in [3.63, 3.8) is 0 Å². The van der Waals surface area contributed by atoms with Crippen molar-refractivity contribution < 1.29 is 9.53 Å². The van der Waals surface area contributed by atoms with Gasteiger partial charge in [0.05, 0.1) is 12.5 Å². The summed E-state index contributed by atoms with van der Waals surface area (Å²) >= 11 is 0. The highest BCUT2D eigenvalue weighted by molar-refractivity contribution is 5.99. The van der Waals surface area contributed by atoms with Gasteiger partial charge in [-0.2, -0.15) is 0 Å². The average Bonchev–Trinajstić information content (AvgIpc) is 2.50. The summed E-state index contributed by atoms with van der Waals surface area (Å²) in [5.41, 5.74) is 4.60. The van der Waals surface area contributed by atoms with Crippen LogP contribution in [-0.4, -0.2) is 13.0 Å². The van der Waals surface area contributed by atoms with Gasteiger partial charge in [-0.15, -0.1) is 0 Å². The fourth-order valence-electron chi connectivity index (χ4n) is 2.79. The topological polar surface area (TPSA) is 38.3 Å². The van der Waals surface area contributed by atoms with Gasteiger partial charge in [-0.25, -0.2) is 0 Å². The zero-order valence-electron chi connectivity index (χ0n) is 14.8. The Morgan fingerprint density at radius 1 is 1.00 bits per heavy atom. The fourth-order valence-corrected chi connectivity index (χ4v) is 2.79. The van der Waals surface area contributed by atoms with Crippen LogP contribution >= 0.6 is 0 Å². The Morgan fingerprint density at radius 3 is 2.00 bits per heavy atom. The molecule has 0 saturated heterocycles. The van der Waals surface area contributed by atoms with Gasteiger partial charge < -0.3 is 10.1 Å². The van der Waals surface area contributed by atoms with Gasteiger partial charge in [0.25, 0.3) is 0 Å². The van der Waals surface area contributed by atoms with E-state index in [-0.39, 0.29) is 5.91 Å². The summed E-state index contributed by atoms with van der Waals surface area (Å²) in [6.07, 6.45) is 0. The zero-order chi connectivity index (χ0) is 17.2. The van der Waals surface area contributed by atoms with Crippen LogP contribution in [0.5, 0.6) is 5.75 Å². The first kappa shape index (κ1) is 17.1. The van der Waals surface area contributed by atoms with E-state index in [1.807, 2.05) is 52.0 Å². The molecule has 0 radical (unpaired) electrons. The number of benzene rings is 2. The van der Waals surface area contributed by atoms with Crippen LogP contribution in [0.25, 0.3) is 0 Å². The summed E-state index contributed by atoms with van der Waals surface area (Å²) in [4.78, 5) is 12.8. The SMILES string of the molecule is COc1ccc(C(C)(C)C(=O)Nc2c(C)cc(C)cc2C)cc1. The van der Waals surface area contributed by atoms with Gasteiger partial charge >= 0.3 is 0 Å². The van der Waals surface area contributed by atoms with Crippen LogP contribution in [0.2, 0.25) is 0 Å². The highest BCUT2D eigenvalue weighted by Gasteiger charge is 2.30. The third-order valence-electron chi connectivity index (χ3n) is 4.29. The molecular formula is C20H25NO2. The van der Waals surface area contributed by atoms with Crippen molar-refractivity contribution in [2.75, 3.05) is 12.4 Å². The number of ether oxygens (including phenoxy) is 1. The monoisotopic (exact) mass is 311 g/mol. The fraction of sp³-hybridized carbons (Fsp3) is 0.350. The lowest BCUT2D eigenvalue weighted by Crippen LogP contribution is -2.35. The molecule has 0 aromatic heterocycles. The maximum absolute atomic E-state index is 12.8. The molecule has 3 nitrogen and oxygen atoms in total. The van der Waals surface area contributed by atoms with E-state index in [0.717, 1.165) is 28.1 Å². The molecule has 0 saturated carbocycles. The molecule has 122 valence electrons. The average molecular weight is 311 g/mol. The van der Waals surface area contributed by atoms with Gasteiger partial charge in [-0.3, -0.25) is 4.79 Å². The summed E-state index contributed by atoms with van der Waals surface area (Å²) in [5.74, 6) is 0.771. The van der Waals surface area contributed by atoms with Crippen LogP contribution in [0.4, 0.5) is 5.69 Å². The first-order chi connectivity index (χ1) is 10.8. The number of amides is 1. The minimum absolute atomic E-state index is 0.0160. The Hall–Kier alpha value is -2.29. The molecule has 0 aliphatic rings. The number of carbonyl (C=O) groups excluding carboxylic acids is 1. The molecule has 0 unspecified atom stereocenters. The van der Waals surface area contributed by atoms with Gasteiger partial charge in [0, 0.05) is 5.69 Å². The number of hydrogen-bond donors (Lipinski definition) is 1. The van der Waals surface area contributed by atoms with Crippen molar-refractivity contribution in [2.24, 2.45) is 0 Å². The summed E-state index contributed by atoms with van der Waals surface area (Å²) in [7, 11) is 1.63. The number of anilines is 1. The summed E-state index contributed by atoms with van der Waals surface area (Å²) in [5, 5.41) is 3.10. The number of methoxy groups -OCH3 is 1. The lowest BCUT2D eigenvalue weighted by Gasteiger charge is -2.25. The molecule has 1 N–H and O–H groups in total. The van der Waals surface area contributed by atoms with E-state index < -0.39 is 5.41 Å². The standard InChI is InChI=1S/C20H25NO2/c1-13-11-14(2)18(15(3)12-13)21-19(22)20(4,5)16-7-9-17(23-6)10-8-16/h7-12H,1-6H3,(H,21,22). The Morgan fingerprint density at radius 2 is 1.52 bits per heavy atom. The smallest absolute Gasteiger partial charge is 0.234 e. The van der Waals surface area contributed by atoms with E-state index >= 15 is 0 Å². The second-order valence-electron chi connectivity index (χ2n) is 6.58. The summed E-state index contributed by atoms with van der Waals surface area (Å²) < 4.78 is 5.18. The van der Waals surface area contributed by atoms with Crippen LogP contribution < -0.4 is 10.1 Å². The van der Waals surface area contributed by atoms with Crippen LogP contribution in [0.15, 0.2) is 36.4 Å². The summed E-state index contributed by atoms with van der Waals surface area (Å²) in [6, 6.07) is 11.8. The summed E-state index contributed by atoms with van der Waals surface area (Å²) in [6.45, 7) is 9.98. The van der Waals surface area contributed by atoms with Gasteiger partial charge in [-0.1, -0.05) is 29.8 Å². The highest BCUT2D eigenvalue weighted by Crippen LogP contribution is 2.29. The van der Waals surface area contributed by atoms with E-state index in [1.165, 1.54) is 5.56 Å². The molecule has 2 rings (SSSR count). The van der Waals surface area contributed by atoms with E-state index in [1.54, 1.807) is 7.11 Å². The predicted molar refractivity (Wildman–Crippen MR) is 95.3 cm³/mol. The van der Waals surface area contributed by atoms with Gasteiger partial charge in [0.2, 0.25) is 5.91 Å². The molecular weight excluding hydrogens is 286 g/mol. The number of aryl methyl sites for hydroxylation is 3. The van der Waals surface area contributed by atoms with E-state index in [0.29, 0.717) is 0 Å². The molecule has 0 fully saturated rings. The van der Waals surface area contributed by atoms with Crippen LogP contribution in [0.3, 0.4) is 0 Å². The maximum atomic E-state index is 12.8. The second-order valence-corrected chi connectivity index (χ2v) is 6.58. The minimum Gasteiger partial charge on any atom is -0.497 e. The molecule has 2 aromatic rings. The molecule has 0 bridgehead atoms. The molecule has 0 heterocycles. The van der Waals surface area contributed by atoms with E-state index in [2.05, 4.69) is 24.4 Å². The second kappa shape index (κ2) is 6.45. The van der Waals surface area contributed by atoms with Crippen molar-refractivity contribution in [3.05, 3.63) is 58.7 Å². The normalized spacial score (nSPS) is 11.2. The maximum Gasteiger partial charge on any atom is 0.234 e. The van der Waals surface area contributed by atoms with E-state index in [4.69, 9.17) is 4.74 Å². The Bertz CT molecular complexity index is 692. The van der Waals surface area contributed by atoms with Crippen LogP contribution in [0, 0.1) is 20.8 Å². The molecule has 0 spiro atoms. The zero-order valence-corrected chi connectivity index (χ0v) is 14.8. The third kappa shape index (κ3) is 3.55. The Labute approximate surface area is 138 Å². The van der Waals surface area contributed by atoms with Gasteiger partial charge in [0.15, 0.2) is 0 Å². The molecule has 0 atom stereocenters. The Balaban J connectivity index is 2.28. The van der Waals surface area contributed by atoms with E-state index in [9.17, 15) is 4.79 Å². The minimum atomic E-state index is -0.629. The number of rotatable bonds is 4. The van der Waals surface area contributed by atoms with Crippen molar-refractivity contribution in [1.82, 2.24) is 0 Å². The predicted octanol–water partition coefficient (Wildman–Crippen LogP) is 4.54. The van der Waals surface area contributed by atoms with Gasteiger partial charge in [-0.05, 0) is 63.4 Å². The lowest BCUT2D eigenvalue weighted by atomic mass is 9.83. The largest absolute Gasteiger partial charge is 0.497 e. The lowest BCUT2D eigenvalue weighted by molar-refractivity contribution is -0.120. The molecule has 3 heteroatoms. The van der Waals surface area contributed by atoms with Crippen molar-refractivity contribution in [1.29, 1.82) is 0 Å². The van der Waals surface area contributed by atoms with Crippen molar-refractivity contribution in [2.45, 2.75) is 40.0 Å². The molecule has 1 amide bonds. The Kier molecular flexibility index (Phi) is 4.79.